The summed E-state index contributed by atoms with van der Waals surface area (Å²) in [6, 6.07) is 8.37. The summed E-state index contributed by atoms with van der Waals surface area (Å²) in [4.78, 5) is 13.9. The summed E-state index contributed by atoms with van der Waals surface area (Å²) in [7, 11) is 1.95. The number of nitrogens with zero attached hydrogens (tertiary/aromatic N) is 3. The molecule has 0 aliphatic heterocycles. The van der Waals surface area contributed by atoms with E-state index < -0.39 is 0 Å². The van der Waals surface area contributed by atoms with E-state index in [1.807, 2.05) is 11.6 Å². The summed E-state index contributed by atoms with van der Waals surface area (Å²) >= 11 is 3.16. The van der Waals surface area contributed by atoms with Crippen LogP contribution in [0.3, 0.4) is 0 Å². The molecule has 1 amide bonds. The molecule has 3 aromatic rings. The zero-order valence-corrected chi connectivity index (χ0v) is 19.3. The van der Waals surface area contributed by atoms with Crippen LogP contribution in [0.2, 0.25) is 0 Å². The van der Waals surface area contributed by atoms with Crippen molar-refractivity contribution in [3.05, 3.63) is 45.6 Å². The summed E-state index contributed by atoms with van der Waals surface area (Å²) in [5, 5.41) is 14.6. The van der Waals surface area contributed by atoms with Crippen molar-refractivity contribution in [3.63, 3.8) is 0 Å². The topological polar surface area (TPSA) is 59.8 Å². The second-order valence-electron chi connectivity index (χ2n) is 7.25. The van der Waals surface area contributed by atoms with Crippen molar-refractivity contribution in [1.82, 2.24) is 14.8 Å². The third kappa shape index (κ3) is 4.90. The lowest BCUT2D eigenvalue weighted by molar-refractivity contribution is -0.113. The lowest BCUT2D eigenvalue weighted by Crippen LogP contribution is -2.17. The Kier molecular flexibility index (Phi) is 7.14. The number of hydrogen-bond acceptors (Lipinski definition) is 5. The molecule has 0 radical (unpaired) electrons. The molecule has 29 heavy (non-hydrogen) atoms. The van der Waals surface area contributed by atoms with Gasteiger partial charge in [0.15, 0.2) is 11.0 Å². The highest BCUT2D eigenvalue weighted by molar-refractivity contribution is 7.99. The largest absolute Gasteiger partial charge is 0.325 e. The maximum atomic E-state index is 12.6. The fourth-order valence-electron chi connectivity index (χ4n) is 3.17. The van der Waals surface area contributed by atoms with Gasteiger partial charge in [-0.15, -0.1) is 21.5 Å². The van der Waals surface area contributed by atoms with Crippen LogP contribution in [0.5, 0.6) is 0 Å². The van der Waals surface area contributed by atoms with Crippen LogP contribution in [-0.4, -0.2) is 26.4 Å². The molecule has 0 saturated heterocycles. The Morgan fingerprint density at radius 1 is 1.21 bits per heavy atom. The fourth-order valence-corrected chi connectivity index (χ4v) is 4.79. The van der Waals surface area contributed by atoms with Crippen LogP contribution in [0.15, 0.2) is 34.8 Å². The summed E-state index contributed by atoms with van der Waals surface area (Å²) in [5.41, 5.74) is 4.37. The fraction of sp³-hybridized carbons (Fsp3) is 0.409. The van der Waals surface area contributed by atoms with Crippen LogP contribution in [-0.2, 0) is 24.7 Å². The number of rotatable bonds is 8. The van der Waals surface area contributed by atoms with Gasteiger partial charge in [0.05, 0.1) is 5.75 Å². The van der Waals surface area contributed by atoms with E-state index in [9.17, 15) is 4.79 Å². The Labute approximate surface area is 180 Å². The maximum absolute atomic E-state index is 12.6. The number of hydrogen-bond donors (Lipinski definition) is 1. The molecule has 0 aliphatic carbocycles. The third-order valence-electron chi connectivity index (χ3n) is 4.88. The molecule has 1 N–H and O–H groups in total. The number of amides is 1. The van der Waals surface area contributed by atoms with E-state index in [1.54, 1.807) is 11.3 Å². The van der Waals surface area contributed by atoms with Crippen LogP contribution in [0.4, 0.5) is 5.69 Å². The lowest BCUT2D eigenvalue weighted by Gasteiger charge is -2.14. The van der Waals surface area contributed by atoms with Gasteiger partial charge in [-0.05, 0) is 36.0 Å². The number of benzene rings is 1. The van der Waals surface area contributed by atoms with Gasteiger partial charge in [-0.3, -0.25) is 4.79 Å². The van der Waals surface area contributed by atoms with E-state index in [4.69, 9.17) is 0 Å². The number of thioether (sulfide) groups is 1. The van der Waals surface area contributed by atoms with Crippen LogP contribution in [0.25, 0.3) is 11.4 Å². The number of nitrogens with one attached hydrogen (secondary N) is 1. The number of anilines is 1. The molecule has 0 bridgehead atoms. The van der Waals surface area contributed by atoms with Gasteiger partial charge in [-0.2, -0.15) is 0 Å². The van der Waals surface area contributed by atoms with Gasteiger partial charge < -0.3 is 9.88 Å². The van der Waals surface area contributed by atoms with E-state index in [0.717, 1.165) is 35.1 Å². The first-order valence-electron chi connectivity index (χ1n) is 9.96. The van der Waals surface area contributed by atoms with E-state index in [-0.39, 0.29) is 5.91 Å². The Morgan fingerprint density at radius 2 is 1.90 bits per heavy atom. The van der Waals surface area contributed by atoms with Crippen molar-refractivity contribution in [1.29, 1.82) is 0 Å². The van der Waals surface area contributed by atoms with E-state index in [2.05, 4.69) is 72.9 Å². The van der Waals surface area contributed by atoms with Crippen molar-refractivity contribution < 1.29 is 4.79 Å². The normalized spacial score (nSPS) is 11.2. The Morgan fingerprint density at radius 3 is 2.48 bits per heavy atom. The van der Waals surface area contributed by atoms with Crippen LogP contribution >= 0.6 is 23.1 Å². The highest BCUT2D eigenvalue weighted by Crippen LogP contribution is 2.30. The number of carbonyl (C=O) groups excluding carboxylic acids is 1. The highest BCUT2D eigenvalue weighted by Gasteiger charge is 2.16. The average Bonchev–Trinajstić information content (AvgIpc) is 3.33. The van der Waals surface area contributed by atoms with Crippen LogP contribution in [0.1, 0.15) is 49.6 Å². The van der Waals surface area contributed by atoms with E-state index in [1.165, 1.54) is 27.8 Å². The average molecular weight is 429 g/mol. The minimum absolute atomic E-state index is 0.0206. The molecule has 154 valence electrons. The second kappa shape index (κ2) is 9.59. The molecule has 0 atom stereocenters. The number of para-hydroxylation sites is 1. The van der Waals surface area contributed by atoms with Crippen LogP contribution < -0.4 is 5.32 Å². The molecule has 0 saturated carbocycles. The highest BCUT2D eigenvalue weighted by atomic mass is 32.2. The van der Waals surface area contributed by atoms with Gasteiger partial charge in [-0.25, -0.2) is 0 Å². The van der Waals surface area contributed by atoms with Crippen molar-refractivity contribution >= 4 is 34.7 Å². The Balaban J connectivity index is 1.68. The SMILES string of the molecule is CCc1cccc(CC)c1NC(=O)CSc1nnc(-c2csc(C(C)C)c2)n1C. The molecule has 2 aromatic heterocycles. The number of aryl methyl sites for hydroxylation is 2. The van der Waals surface area contributed by atoms with Gasteiger partial charge in [-0.1, -0.05) is 57.7 Å². The zero-order chi connectivity index (χ0) is 21.0. The molecule has 0 unspecified atom stereocenters. The van der Waals surface area contributed by atoms with Crippen molar-refractivity contribution in [2.75, 3.05) is 11.1 Å². The van der Waals surface area contributed by atoms with Gasteiger partial charge >= 0.3 is 0 Å². The lowest BCUT2D eigenvalue weighted by atomic mass is 10.0. The minimum atomic E-state index is -0.0206. The molecule has 7 heteroatoms. The molecule has 5 nitrogen and oxygen atoms in total. The predicted octanol–water partition coefficient (Wildman–Crippen LogP) is 5.52. The predicted molar refractivity (Wildman–Crippen MR) is 123 cm³/mol. The number of aromatic nitrogens is 3. The molecule has 0 aliphatic rings. The smallest absolute Gasteiger partial charge is 0.234 e. The molecular weight excluding hydrogens is 400 g/mol. The summed E-state index contributed by atoms with van der Waals surface area (Å²) in [6.07, 6.45) is 1.78. The first-order chi connectivity index (χ1) is 13.9. The molecule has 3 rings (SSSR count). The first kappa shape index (κ1) is 21.6. The van der Waals surface area contributed by atoms with E-state index in [0.29, 0.717) is 11.7 Å². The molecular formula is C22H28N4OS2. The second-order valence-corrected chi connectivity index (χ2v) is 9.14. The quantitative estimate of drug-likeness (QED) is 0.480. The van der Waals surface area contributed by atoms with Crippen molar-refractivity contribution in [2.45, 2.75) is 51.6 Å². The van der Waals surface area contributed by atoms with Crippen molar-refractivity contribution in [2.24, 2.45) is 7.05 Å². The summed E-state index contributed by atoms with van der Waals surface area (Å²) in [5.74, 6) is 1.61. The van der Waals surface area contributed by atoms with Crippen molar-refractivity contribution in [3.8, 4) is 11.4 Å². The monoisotopic (exact) mass is 428 g/mol. The molecule has 0 spiro atoms. The summed E-state index contributed by atoms with van der Waals surface area (Å²) in [6.45, 7) is 8.59. The summed E-state index contributed by atoms with van der Waals surface area (Å²) < 4.78 is 1.96. The molecule has 0 fully saturated rings. The van der Waals surface area contributed by atoms with E-state index >= 15 is 0 Å². The zero-order valence-electron chi connectivity index (χ0n) is 17.7. The standard InChI is InChI=1S/C22H28N4OS2/c1-6-15-9-8-10-16(7-2)20(15)23-19(27)13-29-22-25-24-21(26(22)5)17-11-18(14(3)4)28-12-17/h8-12,14H,6-7,13H2,1-5H3,(H,23,27). The van der Waals surface area contributed by atoms with Gasteiger partial charge in [0.25, 0.3) is 0 Å². The number of carbonyl (C=O) groups is 1. The third-order valence-corrected chi connectivity index (χ3v) is 7.13. The Hall–Kier alpha value is -2.12. The Bertz CT molecular complexity index is 968. The van der Waals surface area contributed by atoms with Gasteiger partial charge in [0.1, 0.15) is 0 Å². The first-order valence-corrected chi connectivity index (χ1v) is 11.8. The maximum Gasteiger partial charge on any atom is 0.234 e. The van der Waals surface area contributed by atoms with Gasteiger partial charge in [0, 0.05) is 28.6 Å². The van der Waals surface area contributed by atoms with Crippen LogP contribution in [0, 0.1) is 0 Å². The molecule has 1 aromatic carbocycles. The number of thiophene rings is 1. The minimum Gasteiger partial charge on any atom is -0.325 e. The van der Waals surface area contributed by atoms with Gasteiger partial charge in [0.2, 0.25) is 5.91 Å². The molecule has 2 heterocycles.